The van der Waals surface area contributed by atoms with Crippen LogP contribution in [0.3, 0.4) is 0 Å². The summed E-state index contributed by atoms with van der Waals surface area (Å²) in [5.74, 6) is 0.334. The molecule has 3 heterocycles. The zero-order valence-corrected chi connectivity index (χ0v) is 11.7. The summed E-state index contributed by atoms with van der Waals surface area (Å²) in [4.78, 5) is 12.8. The lowest BCUT2D eigenvalue weighted by molar-refractivity contribution is -0.0298. The van der Waals surface area contributed by atoms with Crippen molar-refractivity contribution in [2.75, 3.05) is 12.3 Å². The van der Waals surface area contributed by atoms with Crippen LogP contribution in [0.1, 0.15) is 39.3 Å². The number of imidazole rings is 1. The van der Waals surface area contributed by atoms with E-state index in [4.69, 9.17) is 15.2 Å². The molecule has 0 saturated carbocycles. The molecule has 1 saturated heterocycles. The summed E-state index contributed by atoms with van der Waals surface area (Å²) in [7, 11) is 0. The average Bonchev–Trinajstić information content (AvgIpc) is 2.83. The second-order valence-corrected chi connectivity index (χ2v) is 5.20. The lowest BCUT2D eigenvalue weighted by Crippen LogP contribution is -2.18. The van der Waals surface area contributed by atoms with Crippen LogP contribution in [0.15, 0.2) is 6.33 Å². The highest BCUT2D eigenvalue weighted by Crippen LogP contribution is 2.28. The van der Waals surface area contributed by atoms with Gasteiger partial charge in [0.2, 0.25) is 0 Å². The van der Waals surface area contributed by atoms with Crippen molar-refractivity contribution in [1.29, 1.82) is 0 Å². The Bertz CT molecular complexity index is 604. The average molecular weight is 277 g/mol. The van der Waals surface area contributed by atoms with Crippen LogP contribution < -0.4 is 10.5 Å². The van der Waals surface area contributed by atoms with E-state index in [0.29, 0.717) is 17.0 Å². The molecule has 0 bridgehead atoms. The molecule has 1 unspecified atom stereocenters. The maximum atomic E-state index is 5.93. The zero-order chi connectivity index (χ0) is 14.1. The first-order valence-corrected chi connectivity index (χ1v) is 6.93. The molecule has 0 amide bonds. The number of fused-ring (bicyclic) bond motifs is 1. The molecule has 1 aliphatic rings. The lowest BCUT2D eigenvalue weighted by Gasteiger charge is -2.23. The molecule has 7 nitrogen and oxygen atoms in total. The SMILES string of the molecule is CC(C)Oc1nc(N)c2ncn(C3CCCCO3)c2n1. The molecule has 0 aliphatic carbocycles. The second-order valence-electron chi connectivity index (χ2n) is 5.20. The molecule has 2 aromatic rings. The van der Waals surface area contributed by atoms with Gasteiger partial charge in [-0.15, -0.1) is 0 Å². The number of nitrogens with zero attached hydrogens (tertiary/aromatic N) is 4. The Morgan fingerprint density at radius 3 is 2.95 bits per heavy atom. The summed E-state index contributed by atoms with van der Waals surface area (Å²) in [5.41, 5.74) is 7.19. The molecule has 20 heavy (non-hydrogen) atoms. The van der Waals surface area contributed by atoms with Gasteiger partial charge in [0.05, 0.1) is 12.4 Å². The molecule has 1 aliphatic heterocycles. The van der Waals surface area contributed by atoms with Crippen molar-refractivity contribution in [3.05, 3.63) is 6.33 Å². The standard InChI is InChI=1S/C13H19N5O2/c1-8(2)20-13-16-11(14)10-12(17-13)18(7-15-10)9-5-3-4-6-19-9/h7-9H,3-6H2,1-2H3,(H2,14,16,17). The molecule has 0 radical (unpaired) electrons. The van der Waals surface area contributed by atoms with Crippen molar-refractivity contribution in [3.63, 3.8) is 0 Å². The normalized spacial score (nSPS) is 19.6. The fourth-order valence-electron chi connectivity index (χ4n) is 2.33. The highest BCUT2D eigenvalue weighted by Gasteiger charge is 2.21. The summed E-state index contributed by atoms with van der Waals surface area (Å²) in [6, 6.07) is 0.280. The maximum Gasteiger partial charge on any atom is 0.320 e. The van der Waals surface area contributed by atoms with E-state index in [2.05, 4.69) is 15.0 Å². The van der Waals surface area contributed by atoms with E-state index >= 15 is 0 Å². The van der Waals surface area contributed by atoms with E-state index < -0.39 is 0 Å². The quantitative estimate of drug-likeness (QED) is 0.921. The van der Waals surface area contributed by atoms with Crippen LogP contribution in [-0.2, 0) is 4.74 Å². The molecular formula is C13H19N5O2. The third kappa shape index (κ3) is 2.40. The van der Waals surface area contributed by atoms with Crippen LogP contribution >= 0.6 is 0 Å². The first-order chi connectivity index (χ1) is 9.65. The minimum Gasteiger partial charge on any atom is -0.461 e. The topological polar surface area (TPSA) is 88.1 Å². The van der Waals surface area contributed by atoms with Crippen molar-refractivity contribution in [3.8, 4) is 6.01 Å². The summed E-state index contributed by atoms with van der Waals surface area (Å²) in [5, 5.41) is 0. The minimum absolute atomic E-state index is 0.00541. The molecule has 1 atom stereocenters. The Morgan fingerprint density at radius 2 is 2.25 bits per heavy atom. The molecule has 0 aromatic carbocycles. The van der Waals surface area contributed by atoms with E-state index in [1.165, 1.54) is 0 Å². The number of hydrogen-bond acceptors (Lipinski definition) is 6. The van der Waals surface area contributed by atoms with Gasteiger partial charge in [-0.3, -0.25) is 4.57 Å². The molecule has 0 spiro atoms. The fourth-order valence-corrected chi connectivity index (χ4v) is 2.33. The molecule has 108 valence electrons. The Labute approximate surface area is 117 Å². The van der Waals surface area contributed by atoms with Gasteiger partial charge in [0.15, 0.2) is 17.0 Å². The Hall–Kier alpha value is -1.89. The second kappa shape index (κ2) is 5.24. The van der Waals surface area contributed by atoms with Crippen LogP contribution in [0.4, 0.5) is 5.82 Å². The Kier molecular flexibility index (Phi) is 3.43. The predicted molar refractivity (Wildman–Crippen MR) is 74.3 cm³/mol. The van der Waals surface area contributed by atoms with E-state index in [1.807, 2.05) is 18.4 Å². The monoisotopic (exact) mass is 277 g/mol. The van der Waals surface area contributed by atoms with E-state index in [9.17, 15) is 0 Å². The number of nitrogens with two attached hydrogens (primary N) is 1. The van der Waals surface area contributed by atoms with Crippen molar-refractivity contribution < 1.29 is 9.47 Å². The fraction of sp³-hybridized carbons (Fsp3) is 0.615. The van der Waals surface area contributed by atoms with Crippen molar-refractivity contribution in [1.82, 2.24) is 19.5 Å². The van der Waals surface area contributed by atoms with Crippen molar-refractivity contribution in [2.24, 2.45) is 0 Å². The van der Waals surface area contributed by atoms with Gasteiger partial charge in [-0.1, -0.05) is 0 Å². The highest BCUT2D eigenvalue weighted by molar-refractivity contribution is 5.81. The third-order valence-corrected chi connectivity index (χ3v) is 3.23. The van der Waals surface area contributed by atoms with E-state index in [0.717, 1.165) is 25.9 Å². The van der Waals surface area contributed by atoms with Crippen LogP contribution in [0.5, 0.6) is 6.01 Å². The predicted octanol–water partition coefficient (Wildman–Crippen LogP) is 1.89. The largest absolute Gasteiger partial charge is 0.461 e. The summed E-state index contributed by atoms with van der Waals surface area (Å²) in [6.45, 7) is 4.61. The van der Waals surface area contributed by atoms with Crippen LogP contribution in [0.25, 0.3) is 11.2 Å². The highest BCUT2D eigenvalue weighted by atomic mass is 16.5. The third-order valence-electron chi connectivity index (χ3n) is 3.23. The van der Waals surface area contributed by atoms with Gasteiger partial charge >= 0.3 is 6.01 Å². The molecule has 1 fully saturated rings. The Morgan fingerprint density at radius 1 is 1.40 bits per heavy atom. The van der Waals surface area contributed by atoms with Gasteiger partial charge in [0.25, 0.3) is 0 Å². The zero-order valence-electron chi connectivity index (χ0n) is 11.7. The summed E-state index contributed by atoms with van der Waals surface area (Å²) in [6.07, 6.45) is 4.87. The van der Waals surface area contributed by atoms with Gasteiger partial charge < -0.3 is 15.2 Å². The maximum absolute atomic E-state index is 5.93. The summed E-state index contributed by atoms with van der Waals surface area (Å²) >= 11 is 0. The minimum atomic E-state index is -0.0325. The van der Waals surface area contributed by atoms with Crippen molar-refractivity contribution >= 4 is 17.0 Å². The van der Waals surface area contributed by atoms with Gasteiger partial charge in [0.1, 0.15) is 6.23 Å². The van der Waals surface area contributed by atoms with Crippen LogP contribution in [-0.4, -0.2) is 32.2 Å². The smallest absolute Gasteiger partial charge is 0.320 e. The lowest BCUT2D eigenvalue weighted by atomic mass is 10.2. The first kappa shape index (κ1) is 13.1. The number of aromatic nitrogens is 4. The molecule has 3 rings (SSSR count). The molecular weight excluding hydrogens is 258 g/mol. The molecule has 7 heteroatoms. The molecule has 2 N–H and O–H groups in total. The van der Waals surface area contributed by atoms with Gasteiger partial charge in [0, 0.05) is 6.61 Å². The van der Waals surface area contributed by atoms with Crippen LogP contribution in [0.2, 0.25) is 0 Å². The van der Waals surface area contributed by atoms with E-state index in [1.54, 1.807) is 6.33 Å². The number of rotatable bonds is 3. The first-order valence-electron chi connectivity index (χ1n) is 6.93. The van der Waals surface area contributed by atoms with E-state index in [-0.39, 0.29) is 18.3 Å². The van der Waals surface area contributed by atoms with Gasteiger partial charge in [-0.25, -0.2) is 4.98 Å². The Balaban J connectivity index is 2.02. The number of nitrogen functional groups attached to an aromatic ring is 1. The molecule has 2 aromatic heterocycles. The summed E-state index contributed by atoms with van der Waals surface area (Å²) < 4.78 is 13.2. The number of ether oxygens (including phenoxy) is 2. The van der Waals surface area contributed by atoms with Gasteiger partial charge in [-0.2, -0.15) is 9.97 Å². The number of hydrogen-bond donors (Lipinski definition) is 1. The van der Waals surface area contributed by atoms with Crippen molar-refractivity contribution in [2.45, 2.75) is 45.4 Å². The van der Waals surface area contributed by atoms with Gasteiger partial charge in [-0.05, 0) is 33.1 Å². The number of anilines is 1. The van der Waals surface area contributed by atoms with Crippen LogP contribution in [0, 0.1) is 0 Å².